The third kappa shape index (κ3) is 2.24. The molecule has 0 spiro atoms. The number of ether oxygens (including phenoxy) is 1. The molecule has 1 saturated heterocycles. The van der Waals surface area contributed by atoms with Gasteiger partial charge in [0.2, 0.25) is 0 Å². The molecule has 1 aliphatic heterocycles. The molecule has 1 aliphatic rings. The molecule has 0 bridgehead atoms. The summed E-state index contributed by atoms with van der Waals surface area (Å²) in [6.07, 6.45) is -0.248. The number of halogens is 1. The van der Waals surface area contributed by atoms with Gasteiger partial charge in [0.05, 0.1) is 11.5 Å². The van der Waals surface area contributed by atoms with E-state index < -0.39 is 17.3 Å². The molecule has 0 saturated carbocycles. The van der Waals surface area contributed by atoms with Crippen LogP contribution in [0.15, 0.2) is 18.2 Å². The van der Waals surface area contributed by atoms with Crippen LogP contribution in [0.1, 0.15) is 30.1 Å². The molecule has 1 heterocycles. The lowest BCUT2D eigenvalue weighted by atomic mass is 9.74. The van der Waals surface area contributed by atoms with Crippen molar-refractivity contribution in [2.45, 2.75) is 25.9 Å². The minimum absolute atomic E-state index is 0.207. The van der Waals surface area contributed by atoms with Gasteiger partial charge in [-0.2, -0.15) is 5.26 Å². The first kappa shape index (κ1) is 13.0. The van der Waals surface area contributed by atoms with Crippen LogP contribution in [0.4, 0.5) is 4.39 Å². The van der Waals surface area contributed by atoms with Crippen molar-refractivity contribution in [3.63, 3.8) is 0 Å². The zero-order chi connectivity index (χ0) is 13.2. The Morgan fingerprint density at radius 2 is 2.11 bits per heavy atom. The highest BCUT2D eigenvalue weighted by Crippen LogP contribution is 2.42. The van der Waals surface area contributed by atoms with E-state index in [1.165, 1.54) is 6.07 Å². The van der Waals surface area contributed by atoms with Gasteiger partial charge in [-0.25, -0.2) is 4.39 Å². The minimum atomic E-state index is -1.11. The van der Waals surface area contributed by atoms with E-state index in [-0.39, 0.29) is 5.56 Å². The molecule has 1 N–H and O–H groups in total. The van der Waals surface area contributed by atoms with Gasteiger partial charge < -0.3 is 9.84 Å². The zero-order valence-corrected chi connectivity index (χ0v) is 10.3. The molecule has 0 radical (unpaired) electrons. The fourth-order valence-corrected chi connectivity index (χ4v) is 2.35. The van der Waals surface area contributed by atoms with Crippen LogP contribution in [0, 0.1) is 29.5 Å². The first-order valence-electron chi connectivity index (χ1n) is 6.02. The molecule has 1 atom stereocenters. The van der Waals surface area contributed by atoms with Gasteiger partial charge in [-0.1, -0.05) is 17.7 Å². The second-order valence-electron chi connectivity index (χ2n) is 4.81. The molecule has 4 heteroatoms. The summed E-state index contributed by atoms with van der Waals surface area (Å²) in [5.74, 6) is -0.464. The summed E-state index contributed by atoms with van der Waals surface area (Å²) in [5, 5.41) is 19.7. The van der Waals surface area contributed by atoms with Crippen molar-refractivity contribution < 1.29 is 14.2 Å². The normalized spacial score (nSPS) is 20.1. The maximum atomic E-state index is 13.8. The highest BCUT2D eigenvalue weighted by atomic mass is 19.1. The molecule has 1 fully saturated rings. The van der Waals surface area contributed by atoms with Crippen molar-refractivity contribution in [1.82, 2.24) is 0 Å². The largest absolute Gasteiger partial charge is 0.387 e. The zero-order valence-electron chi connectivity index (χ0n) is 10.3. The van der Waals surface area contributed by atoms with Crippen molar-refractivity contribution in [3.8, 4) is 6.07 Å². The Hall–Kier alpha value is -1.44. The molecule has 1 aromatic rings. The van der Waals surface area contributed by atoms with E-state index in [1.54, 1.807) is 12.1 Å². The monoisotopic (exact) mass is 249 g/mol. The van der Waals surface area contributed by atoms with E-state index in [0.29, 0.717) is 26.1 Å². The maximum Gasteiger partial charge on any atom is 0.129 e. The van der Waals surface area contributed by atoms with Crippen molar-refractivity contribution >= 4 is 0 Å². The number of hydrogen-bond donors (Lipinski definition) is 1. The fraction of sp³-hybridized carbons (Fsp3) is 0.500. The Labute approximate surface area is 106 Å². The van der Waals surface area contributed by atoms with Crippen LogP contribution in [0.5, 0.6) is 0 Å². The predicted molar refractivity (Wildman–Crippen MR) is 64.2 cm³/mol. The molecule has 2 rings (SSSR count). The lowest BCUT2D eigenvalue weighted by Gasteiger charge is -2.35. The molecule has 1 unspecified atom stereocenters. The molecular formula is C14H16FNO2. The van der Waals surface area contributed by atoms with Crippen molar-refractivity contribution in [3.05, 3.63) is 35.1 Å². The number of aryl methyl sites for hydroxylation is 1. The van der Waals surface area contributed by atoms with Crippen LogP contribution < -0.4 is 0 Å². The first-order valence-corrected chi connectivity index (χ1v) is 6.02. The van der Waals surface area contributed by atoms with Crippen LogP contribution in [0.2, 0.25) is 0 Å². The third-order valence-corrected chi connectivity index (χ3v) is 3.58. The number of aliphatic hydroxyl groups is 1. The summed E-state index contributed by atoms with van der Waals surface area (Å²) in [6.45, 7) is 2.69. The average molecular weight is 249 g/mol. The van der Waals surface area contributed by atoms with E-state index >= 15 is 0 Å². The van der Waals surface area contributed by atoms with Crippen LogP contribution in [0.3, 0.4) is 0 Å². The van der Waals surface area contributed by atoms with Gasteiger partial charge in [-0.15, -0.1) is 0 Å². The van der Waals surface area contributed by atoms with Crippen molar-refractivity contribution in [2.24, 2.45) is 5.41 Å². The summed E-state index contributed by atoms with van der Waals surface area (Å²) < 4.78 is 19.0. The first-order chi connectivity index (χ1) is 8.59. The average Bonchev–Trinajstić information content (AvgIpc) is 2.41. The second kappa shape index (κ2) is 5.05. The number of benzene rings is 1. The highest BCUT2D eigenvalue weighted by Gasteiger charge is 2.41. The maximum absolute atomic E-state index is 13.8. The van der Waals surface area contributed by atoms with Gasteiger partial charge in [0.25, 0.3) is 0 Å². The van der Waals surface area contributed by atoms with Gasteiger partial charge in [0, 0.05) is 18.8 Å². The lowest BCUT2D eigenvalue weighted by molar-refractivity contribution is -0.0323. The fourth-order valence-electron chi connectivity index (χ4n) is 2.35. The predicted octanol–water partition coefficient (Wildman–Crippen LogP) is 2.49. The van der Waals surface area contributed by atoms with Crippen LogP contribution in [-0.2, 0) is 4.74 Å². The molecule has 1 aromatic carbocycles. The van der Waals surface area contributed by atoms with Crippen molar-refractivity contribution in [2.75, 3.05) is 13.2 Å². The third-order valence-electron chi connectivity index (χ3n) is 3.58. The van der Waals surface area contributed by atoms with Gasteiger partial charge >= 0.3 is 0 Å². The number of nitriles is 1. The minimum Gasteiger partial charge on any atom is -0.387 e. The smallest absolute Gasteiger partial charge is 0.129 e. The SMILES string of the molecule is Cc1ccc(F)c(C(O)C2(C#N)CCOCC2)c1. The summed E-state index contributed by atoms with van der Waals surface area (Å²) in [6, 6.07) is 6.75. The standard InChI is InChI=1S/C14H16FNO2/c1-10-2-3-12(15)11(8-10)13(17)14(9-16)4-6-18-7-5-14/h2-3,8,13,17H,4-7H2,1H3. The van der Waals surface area contributed by atoms with Gasteiger partial charge in [-0.3, -0.25) is 0 Å². The van der Waals surface area contributed by atoms with Crippen molar-refractivity contribution in [1.29, 1.82) is 5.26 Å². The Bertz CT molecular complexity index is 475. The quantitative estimate of drug-likeness (QED) is 0.876. The number of aliphatic hydroxyl groups excluding tert-OH is 1. The molecular weight excluding hydrogens is 233 g/mol. The number of hydrogen-bond acceptors (Lipinski definition) is 3. The van der Waals surface area contributed by atoms with Gasteiger partial charge in [0.15, 0.2) is 0 Å². The Morgan fingerprint density at radius 3 is 2.72 bits per heavy atom. The van der Waals surface area contributed by atoms with Crippen LogP contribution >= 0.6 is 0 Å². The van der Waals surface area contributed by atoms with Crippen LogP contribution in [0.25, 0.3) is 0 Å². The van der Waals surface area contributed by atoms with Gasteiger partial charge in [0.1, 0.15) is 11.9 Å². The second-order valence-corrected chi connectivity index (χ2v) is 4.81. The summed E-state index contributed by atoms with van der Waals surface area (Å²) in [4.78, 5) is 0. The Balaban J connectivity index is 2.37. The van der Waals surface area contributed by atoms with E-state index in [2.05, 4.69) is 6.07 Å². The lowest BCUT2D eigenvalue weighted by Crippen LogP contribution is -2.34. The van der Waals surface area contributed by atoms with E-state index in [1.807, 2.05) is 6.92 Å². The van der Waals surface area contributed by atoms with E-state index in [0.717, 1.165) is 5.56 Å². The topological polar surface area (TPSA) is 53.2 Å². The van der Waals surface area contributed by atoms with Crippen LogP contribution in [-0.4, -0.2) is 18.3 Å². The van der Waals surface area contributed by atoms with E-state index in [4.69, 9.17) is 4.74 Å². The summed E-state index contributed by atoms with van der Waals surface area (Å²) in [7, 11) is 0. The van der Waals surface area contributed by atoms with Gasteiger partial charge in [-0.05, 0) is 25.8 Å². The molecule has 0 aromatic heterocycles. The Morgan fingerprint density at radius 1 is 1.44 bits per heavy atom. The number of rotatable bonds is 2. The Kier molecular flexibility index (Phi) is 3.65. The molecule has 0 amide bonds. The summed E-state index contributed by atoms with van der Waals surface area (Å²) in [5.41, 5.74) is 0.136. The highest BCUT2D eigenvalue weighted by molar-refractivity contribution is 5.29. The summed E-state index contributed by atoms with van der Waals surface area (Å²) >= 11 is 0. The molecule has 3 nitrogen and oxygen atoms in total. The number of nitrogens with zero attached hydrogens (tertiary/aromatic N) is 1. The van der Waals surface area contributed by atoms with E-state index in [9.17, 15) is 14.8 Å². The molecule has 96 valence electrons. The molecule has 18 heavy (non-hydrogen) atoms. The molecule has 0 aliphatic carbocycles.